The molecular formula is C19H19N5. The van der Waals surface area contributed by atoms with Gasteiger partial charge in [-0.1, -0.05) is 42.0 Å². The number of fused-ring (bicyclic) bond motifs is 1. The lowest BCUT2D eigenvalue weighted by atomic mass is 10.1. The third kappa shape index (κ3) is 3.95. The molecule has 0 aliphatic carbocycles. The van der Waals surface area contributed by atoms with E-state index in [9.17, 15) is 0 Å². The summed E-state index contributed by atoms with van der Waals surface area (Å²) in [6.07, 6.45) is 6.95. The van der Waals surface area contributed by atoms with Gasteiger partial charge >= 0.3 is 0 Å². The van der Waals surface area contributed by atoms with Gasteiger partial charge in [0.1, 0.15) is 12.1 Å². The van der Waals surface area contributed by atoms with Crippen LogP contribution in [0.15, 0.2) is 73.6 Å². The van der Waals surface area contributed by atoms with Crippen LogP contribution in [0, 0.1) is 6.92 Å². The number of aryl methyl sites for hydroxylation is 1. The summed E-state index contributed by atoms with van der Waals surface area (Å²) in [5, 5.41) is 0.894. The number of nitrogens with two attached hydrogens (primary N) is 1. The zero-order valence-electron chi connectivity index (χ0n) is 13.5. The topological polar surface area (TPSA) is 69.6 Å². The quantitative estimate of drug-likeness (QED) is 0.615. The summed E-state index contributed by atoms with van der Waals surface area (Å²) in [6.45, 7) is 2.85. The molecule has 0 radical (unpaired) electrons. The van der Waals surface area contributed by atoms with Gasteiger partial charge in [-0.25, -0.2) is 15.0 Å². The van der Waals surface area contributed by atoms with Crippen LogP contribution in [0.3, 0.4) is 0 Å². The Bertz CT molecular complexity index is 902. The summed E-state index contributed by atoms with van der Waals surface area (Å²) in [7, 11) is 0. The molecular weight excluding hydrogens is 298 g/mol. The molecule has 0 spiro atoms. The predicted octanol–water partition coefficient (Wildman–Crippen LogP) is 3.45. The minimum Gasteiger partial charge on any atom is -0.383 e. The Morgan fingerprint density at radius 1 is 1.04 bits per heavy atom. The van der Waals surface area contributed by atoms with Crippen molar-refractivity contribution in [1.82, 2.24) is 19.5 Å². The first-order chi connectivity index (χ1) is 11.7. The predicted molar refractivity (Wildman–Crippen MR) is 96.5 cm³/mol. The van der Waals surface area contributed by atoms with Crippen LogP contribution in [0.5, 0.6) is 0 Å². The lowest BCUT2D eigenvalue weighted by Gasteiger charge is -2.05. The molecule has 2 N–H and O–H groups in total. The molecule has 24 heavy (non-hydrogen) atoms. The molecule has 0 fully saturated rings. The smallest absolute Gasteiger partial charge is 0.134 e. The van der Waals surface area contributed by atoms with Gasteiger partial charge in [0.05, 0.1) is 11.8 Å². The van der Waals surface area contributed by atoms with E-state index in [4.69, 9.17) is 5.73 Å². The Kier molecular flexibility index (Phi) is 4.81. The van der Waals surface area contributed by atoms with Gasteiger partial charge in [0, 0.05) is 24.3 Å². The maximum absolute atomic E-state index is 5.83. The van der Waals surface area contributed by atoms with Gasteiger partial charge in [-0.05, 0) is 24.6 Å². The molecule has 2 heterocycles. The first-order valence-electron chi connectivity index (χ1n) is 7.69. The van der Waals surface area contributed by atoms with Crippen LogP contribution < -0.4 is 5.73 Å². The van der Waals surface area contributed by atoms with E-state index in [2.05, 4.69) is 34.0 Å². The molecule has 0 unspecified atom stereocenters. The number of benzene rings is 2. The monoisotopic (exact) mass is 317 g/mol. The summed E-state index contributed by atoms with van der Waals surface area (Å²) in [5.74, 6) is 0.516. The average Bonchev–Trinajstić information content (AvgIpc) is 3.10. The van der Waals surface area contributed by atoms with E-state index in [1.54, 1.807) is 12.5 Å². The fourth-order valence-corrected chi connectivity index (χ4v) is 2.35. The summed E-state index contributed by atoms with van der Waals surface area (Å²) < 4.78 is 2.00. The number of rotatable bonds is 2. The van der Waals surface area contributed by atoms with Crippen molar-refractivity contribution in [1.29, 1.82) is 0 Å². The number of hydrogen-bond donors (Lipinski definition) is 1. The molecule has 0 saturated carbocycles. The third-order valence-corrected chi connectivity index (χ3v) is 3.60. The summed E-state index contributed by atoms with van der Waals surface area (Å²) >= 11 is 0. The molecule has 0 aliphatic heterocycles. The Labute approximate surface area is 140 Å². The van der Waals surface area contributed by atoms with Crippen molar-refractivity contribution in [2.75, 3.05) is 5.73 Å². The third-order valence-electron chi connectivity index (χ3n) is 3.60. The minimum atomic E-state index is 0.516. The second-order valence-corrected chi connectivity index (χ2v) is 5.50. The second kappa shape index (κ2) is 7.37. The van der Waals surface area contributed by atoms with Gasteiger partial charge < -0.3 is 10.3 Å². The van der Waals surface area contributed by atoms with Crippen LogP contribution in [-0.4, -0.2) is 19.5 Å². The summed E-state index contributed by atoms with van der Waals surface area (Å²) in [6, 6.07) is 16.3. The van der Waals surface area contributed by atoms with Crippen LogP contribution in [0.4, 0.5) is 5.82 Å². The van der Waals surface area contributed by atoms with Gasteiger partial charge in [0.25, 0.3) is 0 Å². The van der Waals surface area contributed by atoms with Crippen molar-refractivity contribution >= 4 is 16.7 Å². The van der Waals surface area contributed by atoms with E-state index in [0.29, 0.717) is 5.82 Å². The molecule has 2 aromatic carbocycles. The van der Waals surface area contributed by atoms with Gasteiger partial charge in [-0.2, -0.15) is 0 Å². The van der Waals surface area contributed by atoms with Gasteiger partial charge in [0.15, 0.2) is 0 Å². The number of aromatic nitrogens is 4. The lowest BCUT2D eigenvalue weighted by molar-refractivity contribution is 0.798. The van der Waals surface area contributed by atoms with Crippen molar-refractivity contribution < 1.29 is 0 Å². The summed E-state index contributed by atoms with van der Waals surface area (Å²) in [4.78, 5) is 12.2. The SMILES string of the molecule is Cc1ccccc1.Nc1ncnc2ccc(Cn3ccnc3)cc12. The molecule has 5 nitrogen and oxygen atoms in total. The number of hydrogen-bond acceptors (Lipinski definition) is 4. The average molecular weight is 317 g/mol. The van der Waals surface area contributed by atoms with Gasteiger partial charge in [-0.15, -0.1) is 0 Å². The first kappa shape index (κ1) is 15.7. The van der Waals surface area contributed by atoms with E-state index >= 15 is 0 Å². The highest BCUT2D eigenvalue weighted by molar-refractivity contribution is 5.88. The maximum atomic E-state index is 5.83. The number of imidazole rings is 1. The van der Waals surface area contributed by atoms with E-state index in [1.165, 1.54) is 11.9 Å². The highest BCUT2D eigenvalue weighted by Gasteiger charge is 2.02. The number of nitrogen functional groups attached to an aromatic ring is 1. The standard InChI is InChI=1S/C12H11N5.C7H8/c13-12-10-5-9(6-17-4-3-14-8-17)1-2-11(10)15-7-16-12;1-7-5-3-2-4-6-7/h1-5,7-8H,6H2,(H2,13,15,16);2-6H,1H3. The highest BCUT2D eigenvalue weighted by Crippen LogP contribution is 2.18. The minimum absolute atomic E-state index is 0.516. The molecule has 5 heteroatoms. The normalized spacial score (nSPS) is 10.2. The van der Waals surface area contributed by atoms with E-state index in [-0.39, 0.29) is 0 Å². The lowest BCUT2D eigenvalue weighted by Crippen LogP contribution is -1.98. The fourth-order valence-electron chi connectivity index (χ4n) is 2.35. The van der Waals surface area contributed by atoms with Crippen LogP contribution in [0.25, 0.3) is 10.9 Å². The van der Waals surface area contributed by atoms with Crippen LogP contribution >= 0.6 is 0 Å². The molecule has 0 amide bonds. The molecule has 120 valence electrons. The van der Waals surface area contributed by atoms with Crippen molar-refractivity contribution in [2.45, 2.75) is 13.5 Å². The van der Waals surface area contributed by atoms with Gasteiger partial charge in [0.2, 0.25) is 0 Å². The number of nitrogens with zero attached hydrogens (tertiary/aromatic N) is 4. The van der Waals surface area contributed by atoms with Crippen molar-refractivity contribution in [3.63, 3.8) is 0 Å². The van der Waals surface area contributed by atoms with Crippen molar-refractivity contribution in [3.8, 4) is 0 Å². The Hall–Kier alpha value is -3.21. The van der Waals surface area contributed by atoms with Crippen LogP contribution in [0.2, 0.25) is 0 Å². The Morgan fingerprint density at radius 2 is 1.88 bits per heavy atom. The highest BCUT2D eigenvalue weighted by atomic mass is 15.0. The first-order valence-corrected chi connectivity index (χ1v) is 7.69. The molecule has 0 aliphatic rings. The molecule has 2 aromatic heterocycles. The van der Waals surface area contributed by atoms with Crippen molar-refractivity contribution in [3.05, 3.63) is 84.7 Å². The van der Waals surface area contributed by atoms with E-state index in [0.717, 1.165) is 23.0 Å². The summed E-state index contributed by atoms with van der Waals surface area (Å²) in [5.41, 5.74) is 9.17. The second-order valence-electron chi connectivity index (χ2n) is 5.50. The van der Waals surface area contributed by atoms with Gasteiger partial charge in [-0.3, -0.25) is 0 Å². The molecule has 4 rings (SSSR count). The van der Waals surface area contributed by atoms with E-state index in [1.807, 2.05) is 47.2 Å². The maximum Gasteiger partial charge on any atom is 0.134 e. The zero-order chi connectivity index (χ0) is 16.8. The number of anilines is 1. The molecule has 0 atom stereocenters. The zero-order valence-corrected chi connectivity index (χ0v) is 13.5. The largest absolute Gasteiger partial charge is 0.383 e. The van der Waals surface area contributed by atoms with Crippen molar-refractivity contribution in [2.24, 2.45) is 0 Å². The molecule has 0 saturated heterocycles. The van der Waals surface area contributed by atoms with Crippen LogP contribution in [0.1, 0.15) is 11.1 Å². The van der Waals surface area contributed by atoms with Crippen LogP contribution in [-0.2, 0) is 6.54 Å². The fraction of sp³-hybridized carbons (Fsp3) is 0.105. The molecule has 0 bridgehead atoms. The van der Waals surface area contributed by atoms with E-state index < -0.39 is 0 Å². The molecule has 4 aromatic rings. The Morgan fingerprint density at radius 3 is 2.54 bits per heavy atom. The Balaban J connectivity index is 0.000000203.